The Kier molecular flexibility index (Phi) is 7.86. The number of hydrogen-bond acceptors (Lipinski definition) is 5. The highest BCUT2D eigenvalue weighted by Crippen LogP contribution is 2.27. The molecule has 3 aromatic rings. The number of aldehydes is 1. The molecule has 1 saturated carbocycles. The highest BCUT2D eigenvalue weighted by atomic mass is 16.5. The molecule has 0 spiro atoms. The van der Waals surface area contributed by atoms with E-state index in [1.165, 1.54) is 6.42 Å². The number of rotatable bonds is 9. The molecule has 7 heteroatoms. The quantitative estimate of drug-likeness (QED) is 0.374. The van der Waals surface area contributed by atoms with Gasteiger partial charge >= 0.3 is 0 Å². The number of ether oxygens (including phenoxy) is 1. The van der Waals surface area contributed by atoms with Crippen molar-refractivity contribution in [2.75, 3.05) is 19.7 Å². The lowest BCUT2D eigenvalue weighted by atomic mass is 9.89. The van der Waals surface area contributed by atoms with Gasteiger partial charge < -0.3 is 20.2 Å². The Morgan fingerprint density at radius 1 is 0.971 bits per heavy atom. The molecular weight excluding hydrogens is 430 g/mol. The second-order valence-electron chi connectivity index (χ2n) is 8.47. The van der Waals surface area contributed by atoms with Crippen LogP contribution in [0.4, 0.5) is 0 Å². The van der Waals surface area contributed by atoms with Gasteiger partial charge in [0, 0.05) is 17.5 Å². The number of nitrogens with zero attached hydrogens (tertiary/aromatic N) is 1. The van der Waals surface area contributed by atoms with Crippen LogP contribution in [-0.2, 0) is 9.59 Å². The highest BCUT2D eigenvalue weighted by Gasteiger charge is 2.20. The summed E-state index contributed by atoms with van der Waals surface area (Å²) in [6.45, 7) is 0.872. The van der Waals surface area contributed by atoms with Gasteiger partial charge in [-0.15, -0.1) is 0 Å². The summed E-state index contributed by atoms with van der Waals surface area (Å²) in [7, 11) is 0. The molecule has 7 nitrogen and oxygen atoms in total. The van der Waals surface area contributed by atoms with Crippen molar-refractivity contribution in [1.82, 2.24) is 15.6 Å². The Hall–Kier alpha value is -3.74. The van der Waals surface area contributed by atoms with Crippen LogP contribution in [0.3, 0.4) is 0 Å². The minimum Gasteiger partial charge on any atom is -0.492 e. The van der Waals surface area contributed by atoms with Crippen molar-refractivity contribution in [3.05, 3.63) is 60.3 Å². The molecule has 1 aromatic heterocycles. The second-order valence-corrected chi connectivity index (χ2v) is 8.47. The van der Waals surface area contributed by atoms with Gasteiger partial charge in [0.05, 0.1) is 24.2 Å². The third-order valence-electron chi connectivity index (χ3n) is 6.17. The number of aromatic nitrogens is 1. The molecule has 4 rings (SSSR count). The molecule has 1 heterocycles. The molecular formula is C27H29N3O4. The average Bonchev–Trinajstić information content (AvgIpc) is 2.89. The van der Waals surface area contributed by atoms with Crippen molar-refractivity contribution in [1.29, 1.82) is 0 Å². The maximum Gasteiger partial charge on any atom is 0.252 e. The topological polar surface area (TPSA) is 97.4 Å². The number of hydrogen-bond donors (Lipinski definition) is 2. The first-order valence-corrected chi connectivity index (χ1v) is 11.8. The van der Waals surface area contributed by atoms with E-state index in [1.54, 1.807) is 12.3 Å². The van der Waals surface area contributed by atoms with Crippen LogP contribution in [0.15, 0.2) is 54.7 Å². The van der Waals surface area contributed by atoms with Crippen LogP contribution in [0, 0.1) is 5.92 Å². The van der Waals surface area contributed by atoms with Crippen LogP contribution < -0.4 is 15.4 Å². The van der Waals surface area contributed by atoms with E-state index in [1.807, 2.05) is 42.5 Å². The fraction of sp³-hybridized carbons (Fsp3) is 0.333. The van der Waals surface area contributed by atoms with E-state index in [0.29, 0.717) is 30.5 Å². The minimum atomic E-state index is -0.309. The fourth-order valence-corrected chi connectivity index (χ4v) is 4.35. The number of benzene rings is 2. The molecule has 34 heavy (non-hydrogen) atoms. The fourth-order valence-electron chi connectivity index (χ4n) is 4.35. The smallest absolute Gasteiger partial charge is 0.252 e. The van der Waals surface area contributed by atoms with Gasteiger partial charge in [-0.25, -0.2) is 0 Å². The Balaban J connectivity index is 1.37. The zero-order valence-electron chi connectivity index (χ0n) is 19.1. The monoisotopic (exact) mass is 459 g/mol. The second kappa shape index (κ2) is 11.4. The third-order valence-corrected chi connectivity index (χ3v) is 6.17. The van der Waals surface area contributed by atoms with Gasteiger partial charge in [0.1, 0.15) is 18.6 Å². The number of nitrogens with one attached hydrogen (secondary N) is 2. The van der Waals surface area contributed by atoms with Crippen LogP contribution in [0.5, 0.6) is 5.75 Å². The summed E-state index contributed by atoms with van der Waals surface area (Å²) < 4.78 is 5.79. The van der Waals surface area contributed by atoms with Crippen molar-refractivity contribution >= 4 is 29.0 Å². The van der Waals surface area contributed by atoms with Crippen LogP contribution in [0.2, 0.25) is 0 Å². The SMILES string of the molecule is O=CCNC(=O)c1ccnc2ccc(-c3ccc(OCCNC(=O)C4CCCCC4)cc3)cc12. The minimum absolute atomic E-state index is 0.0337. The summed E-state index contributed by atoms with van der Waals surface area (Å²) in [6.07, 6.45) is 7.74. The summed E-state index contributed by atoms with van der Waals surface area (Å²) in [5.74, 6) is 0.716. The standard InChI is InChI=1S/C27H29N3O4/c31-16-14-29-27(33)23-12-13-28-25-11-8-21(18-24(23)25)19-6-9-22(10-7-19)34-17-15-30-26(32)20-4-2-1-3-5-20/h6-13,16,18,20H,1-5,14-15,17H2,(H,29,33)(H,30,32). The Labute approximate surface area is 198 Å². The number of pyridine rings is 1. The first-order chi connectivity index (χ1) is 16.7. The van der Waals surface area contributed by atoms with Gasteiger partial charge in [0.2, 0.25) is 5.91 Å². The van der Waals surface area contributed by atoms with Crippen molar-refractivity contribution < 1.29 is 19.1 Å². The molecule has 1 fully saturated rings. The van der Waals surface area contributed by atoms with Gasteiger partial charge in [0.25, 0.3) is 5.91 Å². The van der Waals surface area contributed by atoms with Gasteiger partial charge in [-0.1, -0.05) is 37.5 Å². The van der Waals surface area contributed by atoms with Crippen LogP contribution in [0.1, 0.15) is 42.5 Å². The zero-order valence-corrected chi connectivity index (χ0v) is 19.1. The lowest BCUT2D eigenvalue weighted by molar-refractivity contribution is -0.126. The molecule has 0 radical (unpaired) electrons. The molecule has 0 aliphatic heterocycles. The molecule has 1 aliphatic rings. The predicted octanol–water partition coefficient (Wildman–Crippen LogP) is 3.91. The Bertz CT molecular complexity index is 1150. The molecule has 2 N–H and O–H groups in total. The number of carbonyl (C=O) groups excluding carboxylic acids is 3. The molecule has 2 amide bonds. The number of carbonyl (C=O) groups is 3. The van der Waals surface area contributed by atoms with Gasteiger partial charge in [-0.2, -0.15) is 0 Å². The van der Waals surface area contributed by atoms with E-state index < -0.39 is 0 Å². The Morgan fingerprint density at radius 2 is 1.74 bits per heavy atom. The third kappa shape index (κ3) is 5.78. The van der Waals surface area contributed by atoms with Gasteiger partial charge in [0.15, 0.2) is 0 Å². The maximum atomic E-state index is 12.4. The number of fused-ring (bicyclic) bond motifs is 1. The molecule has 1 aliphatic carbocycles. The van der Waals surface area contributed by atoms with Crippen LogP contribution >= 0.6 is 0 Å². The van der Waals surface area contributed by atoms with Crippen LogP contribution in [0.25, 0.3) is 22.0 Å². The van der Waals surface area contributed by atoms with E-state index >= 15 is 0 Å². The van der Waals surface area contributed by atoms with E-state index in [2.05, 4.69) is 15.6 Å². The van der Waals surface area contributed by atoms with Gasteiger partial charge in [-0.05, 0) is 54.3 Å². The van der Waals surface area contributed by atoms with E-state index in [4.69, 9.17) is 4.74 Å². The summed E-state index contributed by atoms with van der Waals surface area (Å²) in [5, 5.41) is 6.28. The zero-order chi connectivity index (χ0) is 23.8. The normalized spacial score (nSPS) is 13.9. The van der Waals surface area contributed by atoms with Gasteiger partial charge in [-0.3, -0.25) is 14.6 Å². The summed E-state index contributed by atoms with van der Waals surface area (Å²) in [5.41, 5.74) is 3.10. The highest BCUT2D eigenvalue weighted by molar-refractivity contribution is 6.07. The molecule has 0 bridgehead atoms. The predicted molar refractivity (Wildman–Crippen MR) is 131 cm³/mol. The first-order valence-electron chi connectivity index (χ1n) is 11.8. The van der Waals surface area contributed by atoms with E-state index in [-0.39, 0.29) is 24.3 Å². The number of amides is 2. The maximum absolute atomic E-state index is 12.4. The summed E-state index contributed by atoms with van der Waals surface area (Å²) in [6, 6.07) is 15.1. The molecule has 176 valence electrons. The lowest BCUT2D eigenvalue weighted by Gasteiger charge is -2.20. The van der Waals surface area contributed by atoms with Crippen molar-refractivity contribution in [3.63, 3.8) is 0 Å². The molecule has 0 saturated heterocycles. The first kappa shape index (κ1) is 23.4. The van der Waals surface area contributed by atoms with E-state index in [9.17, 15) is 14.4 Å². The lowest BCUT2D eigenvalue weighted by Crippen LogP contribution is -2.34. The summed E-state index contributed by atoms with van der Waals surface area (Å²) >= 11 is 0. The largest absolute Gasteiger partial charge is 0.492 e. The Morgan fingerprint density at radius 3 is 2.50 bits per heavy atom. The molecule has 2 aromatic carbocycles. The van der Waals surface area contributed by atoms with Crippen molar-refractivity contribution in [2.24, 2.45) is 5.92 Å². The average molecular weight is 460 g/mol. The summed E-state index contributed by atoms with van der Waals surface area (Å²) in [4.78, 5) is 39.6. The van der Waals surface area contributed by atoms with Crippen molar-refractivity contribution in [2.45, 2.75) is 32.1 Å². The molecule has 0 atom stereocenters. The van der Waals surface area contributed by atoms with Crippen molar-refractivity contribution in [3.8, 4) is 16.9 Å². The van der Waals surface area contributed by atoms with Crippen LogP contribution in [-0.4, -0.2) is 42.8 Å². The molecule has 0 unspecified atom stereocenters. The van der Waals surface area contributed by atoms with E-state index in [0.717, 1.165) is 47.9 Å².